The van der Waals surface area contributed by atoms with Gasteiger partial charge in [-0.25, -0.2) is 4.98 Å². The number of nitrogens with two attached hydrogens (primary N) is 1. The Morgan fingerprint density at radius 2 is 2.00 bits per heavy atom. The third-order valence-electron chi connectivity index (χ3n) is 2.10. The van der Waals surface area contributed by atoms with E-state index in [1.165, 1.54) is 23.5 Å². The van der Waals surface area contributed by atoms with E-state index in [4.69, 9.17) is 5.73 Å². The van der Waals surface area contributed by atoms with E-state index < -0.39 is 6.61 Å². The predicted octanol–water partition coefficient (Wildman–Crippen LogP) is 2.87. The van der Waals surface area contributed by atoms with Gasteiger partial charge in [0.05, 0.1) is 5.69 Å². The molecule has 2 rings (SSSR count). The molecule has 3 nitrogen and oxygen atoms in total. The average Bonchev–Trinajstić information content (AvgIpc) is 2.78. The van der Waals surface area contributed by atoms with Gasteiger partial charge in [-0.2, -0.15) is 8.78 Å². The summed E-state index contributed by atoms with van der Waals surface area (Å²) in [5.41, 5.74) is 7.11. The Morgan fingerprint density at radius 1 is 1.29 bits per heavy atom. The maximum Gasteiger partial charge on any atom is 0.387 e. The highest BCUT2D eigenvalue weighted by molar-refractivity contribution is 7.09. The number of rotatable bonds is 4. The Labute approximate surface area is 101 Å². The molecule has 0 radical (unpaired) electrons. The smallest absolute Gasteiger partial charge is 0.387 e. The number of ether oxygens (including phenoxy) is 1. The fourth-order valence-corrected chi connectivity index (χ4v) is 2.03. The lowest BCUT2D eigenvalue weighted by Crippen LogP contribution is -2.01. The van der Waals surface area contributed by atoms with Crippen LogP contribution in [0.5, 0.6) is 5.75 Å². The van der Waals surface area contributed by atoms with Gasteiger partial charge in [-0.1, -0.05) is 0 Å². The van der Waals surface area contributed by atoms with Crippen LogP contribution in [0, 0.1) is 0 Å². The molecule has 90 valence electrons. The molecule has 2 N–H and O–H groups in total. The lowest BCUT2D eigenvalue weighted by atomic mass is 10.2. The fourth-order valence-electron chi connectivity index (χ4n) is 1.34. The molecule has 0 saturated heterocycles. The lowest BCUT2D eigenvalue weighted by Gasteiger charge is -2.04. The number of benzene rings is 1. The van der Waals surface area contributed by atoms with Crippen LogP contribution in [-0.4, -0.2) is 11.6 Å². The highest BCUT2D eigenvalue weighted by Gasteiger charge is 2.06. The van der Waals surface area contributed by atoms with Crippen molar-refractivity contribution in [1.29, 1.82) is 0 Å². The molecular weight excluding hydrogens is 246 g/mol. The highest BCUT2D eigenvalue weighted by atomic mass is 32.1. The largest absolute Gasteiger partial charge is 0.435 e. The minimum absolute atomic E-state index is 0.137. The summed E-state index contributed by atoms with van der Waals surface area (Å²) in [6, 6.07) is 6.35. The molecule has 0 aliphatic heterocycles. The van der Waals surface area contributed by atoms with E-state index in [1.807, 2.05) is 5.38 Å². The van der Waals surface area contributed by atoms with Crippen LogP contribution in [0.25, 0.3) is 11.3 Å². The van der Waals surface area contributed by atoms with E-state index in [0.29, 0.717) is 6.54 Å². The van der Waals surface area contributed by atoms with Crippen LogP contribution >= 0.6 is 11.3 Å². The van der Waals surface area contributed by atoms with Crippen molar-refractivity contribution in [3.05, 3.63) is 34.7 Å². The third-order valence-corrected chi connectivity index (χ3v) is 2.97. The second-order valence-corrected chi connectivity index (χ2v) is 4.18. The molecule has 6 heteroatoms. The fraction of sp³-hybridized carbons (Fsp3) is 0.182. The first kappa shape index (κ1) is 11.9. The molecule has 1 aromatic carbocycles. The summed E-state index contributed by atoms with van der Waals surface area (Å²) in [7, 11) is 0. The van der Waals surface area contributed by atoms with E-state index in [1.54, 1.807) is 12.1 Å². The Hall–Kier alpha value is -1.53. The van der Waals surface area contributed by atoms with Crippen LogP contribution in [0.1, 0.15) is 5.01 Å². The molecule has 0 aliphatic carbocycles. The molecule has 0 spiro atoms. The van der Waals surface area contributed by atoms with Crippen molar-refractivity contribution in [1.82, 2.24) is 4.98 Å². The molecule has 0 fully saturated rings. The van der Waals surface area contributed by atoms with Gasteiger partial charge in [-0.3, -0.25) is 0 Å². The number of alkyl halides is 2. The lowest BCUT2D eigenvalue weighted by molar-refractivity contribution is -0.0498. The summed E-state index contributed by atoms with van der Waals surface area (Å²) in [5, 5.41) is 2.72. The van der Waals surface area contributed by atoms with E-state index in [2.05, 4.69) is 9.72 Å². The van der Waals surface area contributed by atoms with Crippen molar-refractivity contribution in [2.24, 2.45) is 5.73 Å². The highest BCUT2D eigenvalue weighted by Crippen LogP contribution is 2.24. The first-order chi connectivity index (χ1) is 8.19. The molecule has 1 heterocycles. The summed E-state index contributed by atoms with van der Waals surface area (Å²) >= 11 is 1.47. The van der Waals surface area contributed by atoms with Crippen molar-refractivity contribution >= 4 is 11.3 Å². The van der Waals surface area contributed by atoms with Crippen LogP contribution in [0.15, 0.2) is 29.6 Å². The third kappa shape index (κ3) is 2.98. The van der Waals surface area contributed by atoms with Gasteiger partial charge >= 0.3 is 6.61 Å². The Bertz CT molecular complexity index is 484. The minimum atomic E-state index is -2.80. The first-order valence-corrected chi connectivity index (χ1v) is 5.76. The zero-order valence-corrected chi connectivity index (χ0v) is 9.58. The van der Waals surface area contributed by atoms with Gasteiger partial charge in [0.25, 0.3) is 0 Å². The van der Waals surface area contributed by atoms with Crippen molar-refractivity contribution < 1.29 is 13.5 Å². The average molecular weight is 256 g/mol. The normalized spacial score (nSPS) is 10.8. The van der Waals surface area contributed by atoms with Crippen LogP contribution in [0.4, 0.5) is 8.78 Å². The molecule has 2 aromatic rings. The van der Waals surface area contributed by atoms with Gasteiger partial charge in [0.2, 0.25) is 0 Å². The molecule has 0 aliphatic rings. The van der Waals surface area contributed by atoms with E-state index in [9.17, 15) is 8.78 Å². The Balaban J connectivity index is 2.17. The standard InChI is InChI=1S/C11H10F2N2OS/c12-11(13)16-8-3-1-7(2-4-8)9-6-17-10(5-14)15-9/h1-4,6,11H,5,14H2. The Kier molecular flexibility index (Phi) is 3.65. The molecule has 0 atom stereocenters. The maximum absolute atomic E-state index is 11.9. The van der Waals surface area contributed by atoms with Gasteiger partial charge < -0.3 is 10.5 Å². The number of halogens is 2. The van der Waals surface area contributed by atoms with Crippen LogP contribution in [0.2, 0.25) is 0 Å². The molecule has 17 heavy (non-hydrogen) atoms. The van der Waals surface area contributed by atoms with Crippen LogP contribution < -0.4 is 10.5 Å². The second kappa shape index (κ2) is 5.20. The van der Waals surface area contributed by atoms with Crippen molar-refractivity contribution in [2.45, 2.75) is 13.2 Å². The quantitative estimate of drug-likeness (QED) is 0.915. The number of thiazole rings is 1. The molecular formula is C11H10F2N2OS. The number of hydrogen-bond donors (Lipinski definition) is 1. The van der Waals surface area contributed by atoms with E-state index in [-0.39, 0.29) is 5.75 Å². The van der Waals surface area contributed by atoms with Crippen molar-refractivity contribution in [2.75, 3.05) is 0 Å². The van der Waals surface area contributed by atoms with E-state index in [0.717, 1.165) is 16.3 Å². The number of nitrogens with zero attached hydrogens (tertiary/aromatic N) is 1. The summed E-state index contributed by atoms with van der Waals surface area (Å²) in [6.07, 6.45) is 0. The summed E-state index contributed by atoms with van der Waals surface area (Å²) in [5.74, 6) is 0.137. The summed E-state index contributed by atoms with van der Waals surface area (Å²) in [4.78, 5) is 4.29. The zero-order chi connectivity index (χ0) is 12.3. The zero-order valence-electron chi connectivity index (χ0n) is 8.77. The minimum Gasteiger partial charge on any atom is -0.435 e. The summed E-state index contributed by atoms with van der Waals surface area (Å²) < 4.78 is 28.2. The summed E-state index contributed by atoms with van der Waals surface area (Å²) in [6.45, 7) is -2.40. The number of hydrogen-bond acceptors (Lipinski definition) is 4. The maximum atomic E-state index is 11.9. The van der Waals surface area contributed by atoms with Crippen LogP contribution in [0.3, 0.4) is 0 Å². The molecule has 1 aromatic heterocycles. The van der Waals surface area contributed by atoms with Gasteiger partial charge in [-0.05, 0) is 24.3 Å². The topological polar surface area (TPSA) is 48.1 Å². The van der Waals surface area contributed by atoms with Gasteiger partial charge in [0.15, 0.2) is 0 Å². The van der Waals surface area contributed by atoms with Crippen molar-refractivity contribution in [3.8, 4) is 17.0 Å². The SMILES string of the molecule is NCc1nc(-c2ccc(OC(F)F)cc2)cs1. The Morgan fingerprint density at radius 3 is 2.53 bits per heavy atom. The first-order valence-electron chi connectivity index (χ1n) is 4.89. The van der Waals surface area contributed by atoms with Crippen LogP contribution in [-0.2, 0) is 6.54 Å². The molecule has 0 bridgehead atoms. The number of aromatic nitrogens is 1. The van der Waals surface area contributed by atoms with Gasteiger partial charge in [-0.15, -0.1) is 11.3 Å². The monoisotopic (exact) mass is 256 g/mol. The molecule has 0 saturated carbocycles. The predicted molar refractivity (Wildman–Crippen MR) is 62.1 cm³/mol. The second-order valence-electron chi connectivity index (χ2n) is 3.23. The van der Waals surface area contributed by atoms with Gasteiger partial charge in [0.1, 0.15) is 10.8 Å². The van der Waals surface area contributed by atoms with Crippen molar-refractivity contribution in [3.63, 3.8) is 0 Å². The van der Waals surface area contributed by atoms with Gasteiger partial charge in [0, 0.05) is 17.5 Å². The molecule has 0 unspecified atom stereocenters. The van der Waals surface area contributed by atoms with E-state index >= 15 is 0 Å². The molecule has 0 amide bonds.